The zero-order valence-corrected chi connectivity index (χ0v) is 21.2. The van der Waals surface area contributed by atoms with E-state index in [0.29, 0.717) is 18.4 Å². The smallest absolute Gasteiger partial charge is 0.306 e. The van der Waals surface area contributed by atoms with Gasteiger partial charge in [0.05, 0.1) is 12.0 Å². The number of alkyl halides is 2. The van der Waals surface area contributed by atoms with Crippen molar-refractivity contribution in [2.45, 2.75) is 83.3 Å². The lowest BCUT2D eigenvalue weighted by atomic mass is 9.44. The Hall–Kier alpha value is -2.06. The van der Waals surface area contributed by atoms with Crippen LogP contribution in [0.1, 0.15) is 59.8 Å². The second kappa shape index (κ2) is 8.51. The van der Waals surface area contributed by atoms with Crippen molar-refractivity contribution in [3.8, 4) is 0 Å². The molecule has 0 heterocycles. The van der Waals surface area contributed by atoms with Gasteiger partial charge in [0.1, 0.15) is 6.10 Å². The Morgan fingerprint density at radius 3 is 2.54 bits per heavy atom. The number of halogens is 2. The summed E-state index contributed by atoms with van der Waals surface area (Å²) < 4.78 is 28.8. The zero-order valence-electron chi connectivity index (χ0n) is 20.4. The molecule has 0 aromatic carbocycles. The molecule has 0 spiro atoms. The number of aliphatic hydroxyl groups excluding tert-OH is 1. The zero-order chi connectivity index (χ0) is 26.0. The largest absolute Gasteiger partial charge is 0.458 e. The van der Waals surface area contributed by atoms with E-state index in [1.165, 1.54) is 25.2 Å². The molecule has 3 saturated carbocycles. The van der Waals surface area contributed by atoms with Crippen LogP contribution in [0.25, 0.3) is 0 Å². The summed E-state index contributed by atoms with van der Waals surface area (Å²) in [6.45, 7) is 6.16. The van der Waals surface area contributed by atoms with Crippen LogP contribution in [0.4, 0.5) is 4.39 Å². The Morgan fingerprint density at radius 2 is 1.94 bits per heavy atom. The van der Waals surface area contributed by atoms with Gasteiger partial charge in [-0.3, -0.25) is 19.2 Å². The van der Waals surface area contributed by atoms with E-state index in [4.69, 9.17) is 21.1 Å². The maximum atomic E-state index is 17.3. The molecule has 0 amide bonds. The first-order valence-electron chi connectivity index (χ1n) is 12.1. The first kappa shape index (κ1) is 26.0. The number of rotatable bonds is 5. The predicted octanol–water partition coefficient (Wildman–Crippen LogP) is 3.40. The summed E-state index contributed by atoms with van der Waals surface area (Å²) in [6.07, 6.45) is 2.18. The number of carbonyl (C=O) groups excluding carboxylic acids is 4. The fraction of sp³-hybridized carbons (Fsp3) is 0.692. The number of Topliss-reactive ketones (excluding diaryl/α,β-unsaturated/α-hetero) is 1. The third kappa shape index (κ3) is 3.31. The highest BCUT2D eigenvalue weighted by atomic mass is 35.5. The Balaban J connectivity index is 1.89. The van der Waals surface area contributed by atoms with Gasteiger partial charge in [-0.1, -0.05) is 25.5 Å². The van der Waals surface area contributed by atoms with Crippen molar-refractivity contribution in [3.63, 3.8) is 0 Å². The molecule has 35 heavy (non-hydrogen) atoms. The molecule has 4 aliphatic rings. The van der Waals surface area contributed by atoms with E-state index in [9.17, 15) is 24.3 Å². The van der Waals surface area contributed by atoms with Crippen LogP contribution in [-0.4, -0.2) is 58.0 Å². The van der Waals surface area contributed by atoms with Crippen LogP contribution in [0.3, 0.4) is 0 Å². The number of hydrogen-bond donors (Lipinski definition) is 1. The first-order valence-corrected chi connectivity index (χ1v) is 12.6. The van der Waals surface area contributed by atoms with Crippen molar-refractivity contribution >= 4 is 35.1 Å². The first-order chi connectivity index (χ1) is 16.3. The fourth-order valence-corrected chi connectivity index (χ4v) is 7.80. The lowest BCUT2D eigenvalue weighted by Gasteiger charge is -2.62. The molecule has 0 aromatic heterocycles. The molecule has 0 saturated heterocycles. The molecule has 0 radical (unpaired) electrons. The lowest BCUT2D eigenvalue weighted by Crippen LogP contribution is -2.70. The molecule has 0 aromatic rings. The second-order valence-corrected chi connectivity index (χ2v) is 11.0. The molecule has 7 nitrogen and oxygen atoms in total. The molecule has 4 aliphatic carbocycles. The Morgan fingerprint density at radius 1 is 1.26 bits per heavy atom. The van der Waals surface area contributed by atoms with Crippen LogP contribution in [0.2, 0.25) is 0 Å². The van der Waals surface area contributed by atoms with Gasteiger partial charge in [0, 0.05) is 30.1 Å². The molecule has 0 bridgehead atoms. The predicted molar refractivity (Wildman–Crippen MR) is 124 cm³/mol. The van der Waals surface area contributed by atoms with Crippen molar-refractivity contribution in [1.82, 2.24) is 0 Å². The molecule has 8 atom stereocenters. The van der Waals surface area contributed by atoms with Gasteiger partial charge >= 0.3 is 11.9 Å². The van der Waals surface area contributed by atoms with E-state index >= 15 is 4.39 Å². The lowest BCUT2D eigenvalue weighted by molar-refractivity contribution is -0.231. The topological polar surface area (TPSA) is 107 Å². The number of fused-ring (bicyclic) bond motifs is 5. The molecule has 3 fully saturated rings. The van der Waals surface area contributed by atoms with Gasteiger partial charge in [0.15, 0.2) is 17.2 Å². The van der Waals surface area contributed by atoms with Gasteiger partial charge in [0.25, 0.3) is 0 Å². The standard InChI is InChI=1S/C26H32ClFO7/c1-5-22(33)35-26(20(32)13-27)21(34-14(2)29)11-18-17-7-6-15-10-16(30)8-9-23(15,3)25(17,28)19(31)12-24(18,26)4/h8-10,17-19,21,31H,5-7,11-13H2,1-4H3/t17-,18-,19-,21+,23-,24-,25-,26+/m0/s1. The number of ketones is 2. The van der Waals surface area contributed by atoms with Crippen LogP contribution < -0.4 is 0 Å². The minimum Gasteiger partial charge on any atom is -0.458 e. The summed E-state index contributed by atoms with van der Waals surface area (Å²) >= 11 is 6.00. The van der Waals surface area contributed by atoms with Gasteiger partial charge in [-0.05, 0) is 50.7 Å². The Labute approximate surface area is 209 Å². The minimum absolute atomic E-state index is 0.0328. The summed E-state index contributed by atoms with van der Waals surface area (Å²) in [5.74, 6) is -4.03. The van der Waals surface area contributed by atoms with Crippen LogP contribution in [-0.2, 0) is 28.7 Å². The van der Waals surface area contributed by atoms with Crippen molar-refractivity contribution in [3.05, 3.63) is 23.8 Å². The Bertz CT molecular complexity index is 1040. The average Bonchev–Trinajstić information content (AvgIpc) is 3.02. The highest BCUT2D eigenvalue weighted by Gasteiger charge is 2.78. The van der Waals surface area contributed by atoms with Crippen LogP contribution >= 0.6 is 11.6 Å². The van der Waals surface area contributed by atoms with Crippen molar-refractivity contribution in [1.29, 1.82) is 0 Å². The van der Waals surface area contributed by atoms with Crippen molar-refractivity contribution in [2.24, 2.45) is 22.7 Å². The number of hydrogen-bond acceptors (Lipinski definition) is 7. The monoisotopic (exact) mass is 510 g/mol. The van der Waals surface area contributed by atoms with Crippen LogP contribution in [0, 0.1) is 22.7 Å². The normalized spacial score (nSPS) is 44.0. The van der Waals surface area contributed by atoms with E-state index in [-0.39, 0.29) is 25.0 Å². The quantitative estimate of drug-likeness (QED) is 0.446. The van der Waals surface area contributed by atoms with Gasteiger partial charge in [-0.25, -0.2) is 4.39 Å². The van der Waals surface area contributed by atoms with E-state index in [1.807, 2.05) is 0 Å². The number of ether oxygens (including phenoxy) is 2. The molecular formula is C26H32ClFO7. The highest BCUT2D eigenvalue weighted by Crippen LogP contribution is 2.70. The van der Waals surface area contributed by atoms with E-state index in [2.05, 4.69) is 0 Å². The molecule has 9 heteroatoms. The second-order valence-electron chi connectivity index (χ2n) is 10.7. The van der Waals surface area contributed by atoms with Crippen LogP contribution in [0.5, 0.6) is 0 Å². The summed E-state index contributed by atoms with van der Waals surface area (Å²) in [4.78, 5) is 50.2. The Kier molecular flexibility index (Phi) is 6.33. The maximum Gasteiger partial charge on any atom is 0.306 e. The maximum absolute atomic E-state index is 17.3. The molecule has 192 valence electrons. The summed E-state index contributed by atoms with van der Waals surface area (Å²) in [7, 11) is 0. The van der Waals surface area contributed by atoms with Gasteiger partial charge in [0.2, 0.25) is 5.60 Å². The summed E-state index contributed by atoms with van der Waals surface area (Å²) in [5, 5.41) is 11.5. The molecular weight excluding hydrogens is 479 g/mol. The number of carbonyl (C=O) groups is 4. The summed E-state index contributed by atoms with van der Waals surface area (Å²) in [5.41, 5.74) is -5.93. The number of allylic oxidation sites excluding steroid dienone is 4. The fourth-order valence-electron chi connectivity index (χ4n) is 7.61. The summed E-state index contributed by atoms with van der Waals surface area (Å²) in [6, 6.07) is 0. The molecule has 1 N–H and O–H groups in total. The van der Waals surface area contributed by atoms with E-state index in [1.54, 1.807) is 20.8 Å². The number of aliphatic hydroxyl groups is 1. The third-order valence-electron chi connectivity index (χ3n) is 9.21. The van der Waals surface area contributed by atoms with Crippen LogP contribution in [0.15, 0.2) is 23.8 Å². The molecule has 0 unspecified atom stereocenters. The van der Waals surface area contributed by atoms with Gasteiger partial charge in [-0.2, -0.15) is 0 Å². The SMILES string of the molecule is CCC(=O)O[C@]1(C(=O)CCl)[C@H](OC(C)=O)C[C@H]2[C@@H]3CCC4=CC(=O)C=C[C@]4(C)[C@@]3(F)[C@@H](O)C[C@@]21C. The van der Waals surface area contributed by atoms with E-state index in [0.717, 1.165) is 0 Å². The van der Waals surface area contributed by atoms with Gasteiger partial charge < -0.3 is 14.6 Å². The number of esters is 2. The minimum atomic E-state index is -2.14. The van der Waals surface area contributed by atoms with E-state index < -0.39 is 69.7 Å². The molecule has 0 aliphatic heterocycles. The molecule has 4 rings (SSSR count). The average molecular weight is 511 g/mol. The third-order valence-corrected chi connectivity index (χ3v) is 9.45. The highest BCUT2D eigenvalue weighted by molar-refractivity contribution is 6.29. The van der Waals surface area contributed by atoms with Crippen molar-refractivity contribution in [2.75, 3.05) is 5.88 Å². The van der Waals surface area contributed by atoms with Crippen molar-refractivity contribution < 1.29 is 38.1 Å². The van der Waals surface area contributed by atoms with Gasteiger partial charge in [-0.15, -0.1) is 11.6 Å².